The summed E-state index contributed by atoms with van der Waals surface area (Å²) in [7, 11) is 0. The number of hydrogen-bond donors (Lipinski definition) is 1. The highest BCUT2D eigenvalue weighted by Gasteiger charge is 2.06. The number of nitrogens with two attached hydrogens (primary N) is 1. The third-order valence-electron chi connectivity index (χ3n) is 2.39. The van der Waals surface area contributed by atoms with Gasteiger partial charge >= 0.3 is 0 Å². The van der Waals surface area contributed by atoms with Crippen LogP contribution in [0.2, 0.25) is 0 Å². The van der Waals surface area contributed by atoms with Gasteiger partial charge in [0.1, 0.15) is 17.5 Å². The van der Waals surface area contributed by atoms with Crippen LogP contribution in [0.25, 0.3) is 0 Å². The van der Waals surface area contributed by atoms with Gasteiger partial charge in [-0.2, -0.15) is 5.10 Å². The summed E-state index contributed by atoms with van der Waals surface area (Å²) in [5.74, 6) is 1.20. The molecule has 0 atom stereocenters. The fraction of sp³-hybridized carbons (Fsp3) is 0.273. The van der Waals surface area contributed by atoms with E-state index in [1.807, 2.05) is 13.8 Å². The van der Waals surface area contributed by atoms with Gasteiger partial charge in [-0.1, -0.05) is 0 Å². The van der Waals surface area contributed by atoms with Crippen LogP contribution in [0.5, 0.6) is 0 Å². The second-order valence-corrected chi connectivity index (χ2v) is 3.71. The molecule has 0 saturated heterocycles. The van der Waals surface area contributed by atoms with Gasteiger partial charge in [0, 0.05) is 5.69 Å². The number of hydrogen-bond acceptors (Lipinski definition) is 3. The highest BCUT2D eigenvalue weighted by atomic mass is 19.1. The molecule has 1 aromatic heterocycles. The van der Waals surface area contributed by atoms with E-state index in [0.717, 1.165) is 5.82 Å². The Balaban J connectivity index is 2.33. The maximum absolute atomic E-state index is 13.1. The molecule has 0 amide bonds. The summed E-state index contributed by atoms with van der Waals surface area (Å²) in [5, 5.41) is 4.20. The average molecular weight is 220 g/mol. The Morgan fingerprint density at radius 1 is 1.38 bits per heavy atom. The van der Waals surface area contributed by atoms with Crippen molar-refractivity contribution < 1.29 is 4.39 Å². The third-order valence-corrected chi connectivity index (χ3v) is 2.39. The Bertz CT molecular complexity index is 519. The Labute approximate surface area is 92.9 Å². The first-order valence-electron chi connectivity index (χ1n) is 4.98. The van der Waals surface area contributed by atoms with Gasteiger partial charge in [0.2, 0.25) is 0 Å². The monoisotopic (exact) mass is 220 g/mol. The molecule has 4 nitrogen and oxygen atoms in total. The molecular weight excluding hydrogens is 207 g/mol. The molecule has 2 rings (SSSR count). The molecule has 84 valence electrons. The topological polar surface area (TPSA) is 56.7 Å². The van der Waals surface area contributed by atoms with Crippen LogP contribution in [-0.4, -0.2) is 14.8 Å². The van der Waals surface area contributed by atoms with E-state index in [2.05, 4.69) is 10.1 Å². The zero-order chi connectivity index (χ0) is 11.7. The molecule has 0 fully saturated rings. The Kier molecular flexibility index (Phi) is 2.60. The van der Waals surface area contributed by atoms with Gasteiger partial charge in [-0.3, -0.25) is 0 Å². The minimum absolute atomic E-state index is 0.293. The second kappa shape index (κ2) is 3.92. The summed E-state index contributed by atoms with van der Waals surface area (Å²) in [6, 6.07) is 4.33. The van der Waals surface area contributed by atoms with Gasteiger partial charge in [-0.25, -0.2) is 14.1 Å². The maximum Gasteiger partial charge on any atom is 0.147 e. The van der Waals surface area contributed by atoms with Crippen LogP contribution in [-0.2, 0) is 6.54 Å². The van der Waals surface area contributed by atoms with Gasteiger partial charge in [0.25, 0.3) is 0 Å². The molecule has 0 aliphatic heterocycles. The first-order chi connectivity index (χ1) is 7.56. The first kappa shape index (κ1) is 10.6. The molecule has 0 aliphatic rings. The lowest BCUT2D eigenvalue weighted by Gasteiger charge is -2.06. The number of nitrogen functional groups attached to an aromatic ring is 1. The molecular formula is C11H13FN4. The summed E-state index contributed by atoms with van der Waals surface area (Å²) in [6.45, 7) is 4.12. The Hall–Kier alpha value is -1.91. The van der Waals surface area contributed by atoms with Crippen LogP contribution in [0.15, 0.2) is 18.2 Å². The van der Waals surface area contributed by atoms with Gasteiger partial charge in [-0.05, 0) is 37.6 Å². The molecule has 5 heteroatoms. The average Bonchev–Trinajstić information content (AvgIpc) is 2.51. The van der Waals surface area contributed by atoms with Crippen molar-refractivity contribution in [3.05, 3.63) is 41.2 Å². The lowest BCUT2D eigenvalue weighted by molar-refractivity contribution is 0.616. The lowest BCUT2D eigenvalue weighted by Crippen LogP contribution is -2.07. The van der Waals surface area contributed by atoms with E-state index in [4.69, 9.17) is 5.73 Å². The maximum atomic E-state index is 13.1. The van der Waals surface area contributed by atoms with Crippen molar-refractivity contribution in [1.82, 2.24) is 14.8 Å². The molecule has 0 radical (unpaired) electrons. The minimum atomic E-state index is -0.293. The fourth-order valence-corrected chi connectivity index (χ4v) is 1.58. The SMILES string of the molecule is Cc1nc(C)n(Cc2cc(F)ccc2N)n1. The number of benzene rings is 1. The normalized spacial score (nSPS) is 10.7. The molecule has 0 aliphatic carbocycles. The Morgan fingerprint density at radius 3 is 2.75 bits per heavy atom. The number of rotatable bonds is 2. The highest BCUT2D eigenvalue weighted by Crippen LogP contribution is 2.15. The highest BCUT2D eigenvalue weighted by molar-refractivity contribution is 5.46. The summed E-state index contributed by atoms with van der Waals surface area (Å²) >= 11 is 0. The predicted molar refractivity (Wildman–Crippen MR) is 59.4 cm³/mol. The van der Waals surface area contributed by atoms with Crippen LogP contribution >= 0.6 is 0 Å². The predicted octanol–water partition coefficient (Wildman–Crippen LogP) is 1.66. The molecule has 1 heterocycles. The number of nitrogens with zero attached hydrogens (tertiary/aromatic N) is 3. The minimum Gasteiger partial charge on any atom is -0.398 e. The van der Waals surface area contributed by atoms with E-state index in [1.54, 1.807) is 10.7 Å². The third kappa shape index (κ3) is 2.03. The van der Waals surface area contributed by atoms with Gasteiger partial charge in [-0.15, -0.1) is 0 Å². The zero-order valence-electron chi connectivity index (χ0n) is 9.24. The zero-order valence-corrected chi connectivity index (χ0v) is 9.24. The van der Waals surface area contributed by atoms with Crippen molar-refractivity contribution in [2.75, 3.05) is 5.73 Å². The summed E-state index contributed by atoms with van der Waals surface area (Å²) in [6.07, 6.45) is 0. The molecule has 16 heavy (non-hydrogen) atoms. The van der Waals surface area contributed by atoms with Crippen molar-refractivity contribution >= 4 is 5.69 Å². The van der Waals surface area contributed by atoms with E-state index in [-0.39, 0.29) is 5.82 Å². The molecule has 0 bridgehead atoms. The largest absolute Gasteiger partial charge is 0.398 e. The van der Waals surface area contributed by atoms with Crippen LogP contribution in [0.4, 0.5) is 10.1 Å². The van der Waals surface area contributed by atoms with Gasteiger partial charge < -0.3 is 5.73 Å². The molecule has 0 unspecified atom stereocenters. The summed E-state index contributed by atoms with van der Waals surface area (Å²) in [4.78, 5) is 4.18. The van der Waals surface area contributed by atoms with E-state index in [9.17, 15) is 4.39 Å². The number of anilines is 1. The van der Waals surface area contributed by atoms with Crippen LogP contribution in [0.1, 0.15) is 17.2 Å². The fourth-order valence-electron chi connectivity index (χ4n) is 1.58. The van der Waals surface area contributed by atoms with E-state index in [0.29, 0.717) is 23.6 Å². The van der Waals surface area contributed by atoms with Crippen molar-refractivity contribution in [1.29, 1.82) is 0 Å². The van der Waals surface area contributed by atoms with E-state index in [1.165, 1.54) is 12.1 Å². The number of aryl methyl sites for hydroxylation is 2. The van der Waals surface area contributed by atoms with E-state index < -0.39 is 0 Å². The Morgan fingerprint density at radius 2 is 2.12 bits per heavy atom. The van der Waals surface area contributed by atoms with Crippen molar-refractivity contribution in [2.45, 2.75) is 20.4 Å². The number of aromatic nitrogens is 3. The number of halogens is 1. The van der Waals surface area contributed by atoms with E-state index >= 15 is 0 Å². The second-order valence-electron chi connectivity index (χ2n) is 3.71. The smallest absolute Gasteiger partial charge is 0.147 e. The quantitative estimate of drug-likeness (QED) is 0.783. The molecule has 0 spiro atoms. The van der Waals surface area contributed by atoms with Gasteiger partial charge in [0.15, 0.2) is 0 Å². The van der Waals surface area contributed by atoms with Crippen molar-refractivity contribution in [2.24, 2.45) is 0 Å². The molecule has 2 aromatic rings. The first-order valence-corrected chi connectivity index (χ1v) is 4.98. The standard InChI is InChI=1S/C11H13FN4/c1-7-14-8(2)16(15-7)6-9-5-10(12)3-4-11(9)13/h3-5H,6,13H2,1-2H3. The van der Waals surface area contributed by atoms with Crippen molar-refractivity contribution in [3.8, 4) is 0 Å². The molecule has 1 aromatic carbocycles. The van der Waals surface area contributed by atoms with Gasteiger partial charge in [0.05, 0.1) is 6.54 Å². The lowest BCUT2D eigenvalue weighted by atomic mass is 10.2. The van der Waals surface area contributed by atoms with Crippen molar-refractivity contribution in [3.63, 3.8) is 0 Å². The summed E-state index contributed by atoms with van der Waals surface area (Å²) in [5.41, 5.74) is 7.05. The summed E-state index contributed by atoms with van der Waals surface area (Å²) < 4.78 is 14.8. The van der Waals surface area contributed by atoms with Crippen LogP contribution in [0.3, 0.4) is 0 Å². The molecule has 0 saturated carbocycles. The molecule has 2 N–H and O–H groups in total. The van der Waals surface area contributed by atoms with Crippen LogP contribution < -0.4 is 5.73 Å². The van der Waals surface area contributed by atoms with Crippen LogP contribution in [0, 0.1) is 19.7 Å².